The number of likely N-dealkylation sites (tertiary alicyclic amines) is 2. The monoisotopic (exact) mass is 253 g/mol. The first-order chi connectivity index (χ1) is 8.65. The Balaban J connectivity index is 1.67. The molecule has 0 radical (unpaired) electrons. The molecule has 0 aliphatic carbocycles. The molecule has 1 N–H and O–H groups in total. The normalized spacial score (nSPS) is 25.5. The van der Waals surface area contributed by atoms with Gasteiger partial charge in [0.1, 0.15) is 0 Å². The number of hydrogen-bond acceptors (Lipinski definition) is 3. The quantitative estimate of drug-likeness (QED) is 0.771. The molecule has 5 nitrogen and oxygen atoms in total. The lowest BCUT2D eigenvalue weighted by atomic mass is 10.1. The van der Waals surface area contributed by atoms with Gasteiger partial charge in [-0.1, -0.05) is 0 Å². The zero-order chi connectivity index (χ0) is 13.0. The third kappa shape index (κ3) is 3.70. The predicted molar refractivity (Wildman–Crippen MR) is 69.0 cm³/mol. The summed E-state index contributed by atoms with van der Waals surface area (Å²) in [5.74, 6) is 0.674. The van der Waals surface area contributed by atoms with E-state index in [1.54, 1.807) is 4.90 Å². The van der Waals surface area contributed by atoms with Gasteiger partial charge in [0.15, 0.2) is 0 Å². The summed E-state index contributed by atoms with van der Waals surface area (Å²) in [7, 11) is 2.11. The fourth-order valence-electron chi connectivity index (χ4n) is 2.71. The van der Waals surface area contributed by atoms with Crippen molar-refractivity contribution >= 4 is 11.8 Å². The van der Waals surface area contributed by atoms with Crippen LogP contribution in [-0.2, 0) is 9.59 Å². The number of nitrogens with zero attached hydrogens (tertiary/aromatic N) is 2. The minimum atomic E-state index is -0.0141. The second-order valence-electron chi connectivity index (χ2n) is 5.49. The van der Waals surface area contributed by atoms with Gasteiger partial charge in [-0.15, -0.1) is 0 Å². The van der Waals surface area contributed by atoms with Crippen LogP contribution in [0.15, 0.2) is 0 Å². The SMILES string of the molecule is CN1CCC(CNC(=O)CN2CCCCC2=O)C1. The maximum Gasteiger partial charge on any atom is 0.239 e. The number of piperidine rings is 1. The zero-order valence-electron chi connectivity index (χ0n) is 11.2. The highest BCUT2D eigenvalue weighted by molar-refractivity contribution is 5.85. The summed E-state index contributed by atoms with van der Waals surface area (Å²) in [6.07, 6.45) is 3.73. The van der Waals surface area contributed by atoms with Crippen molar-refractivity contribution in [3.05, 3.63) is 0 Å². The molecule has 0 aromatic rings. The molecule has 0 spiro atoms. The van der Waals surface area contributed by atoms with Gasteiger partial charge in [-0.05, 0) is 38.8 Å². The van der Waals surface area contributed by atoms with Crippen LogP contribution in [0.4, 0.5) is 0 Å². The maximum atomic E-state index is 11.8. The summed E-state index contributed by atoms with van der Waals surface area (Å²) in [5, 5.41) is 2.95. The summed E-state index contributed by atoms with van der Waals surface area (Å²) in [4.78, 5) is 27.3. The lowest BCUT2D eigenvalue weighted by molar-refractivity contribution is -0.137. The minimum Gasteiger partial charge on any atom is -0.354 e. The Bertz CT molecular complexity index is 319. The molecule has 0 saturated carbocycles. The van der Waals surface area contributed by atoms with Gasteiger partial charge in [0.2, 0.25) is 11.8 Å². The lowest BCUT2D eigenvalue weighted by Crippen LogP contribution is -2.44. The summed E-state index contributed by atoms with van der Waals surface area (Å²) in [6.45, 7) is 3.89. The van der Waals surface area contributed by atoms with Crippen LogP contribution in [0.1, 0.15) is 25.7 Å². The van der Waals surface area contributed by atoms with E-state index in [9.17, 15) is 9.59 Å². The molecule has 2 saturated heterocycles. The fourth-order valence-corrected chi connectivity index (χ4v) is 2.71. The van der Waals surface area contributed by atoms with Crippen LogP contribution in [0.5, 0.6) is 0 Å². The van der Waals surface area contributed by atoms with Crippen molar-refractivity contribution in [2.75, 3.05) is 39.8 Å². The Morgan fingerprint density at radius 2 is 2.22 bits per heavy atom. The van der Waals surface area contributed by atoms with E-state index in [0.717, 1.165) is 45.4 Å². The van der Waals surface area contributed by atoms with Crippen molar-refractivity contribution in [3.8, 4) is 0 Å². The predicted octanol–water partition coefficient (Wildman–Crippen LogP) is 0.0668. The third-order valence-electron chi connectivity index (χ3n) is 3.83. The van der Waals surface area contributed by atoms with Crippen LogP contribution in [0.25, 0.3) is 0 Å². The zero-order valence-corrected chi connectivity index (χ0v) is 11.2. The Labute approximate surface area is 108 Å². The maximum absolute atomic E-state index is 11.8. The average molecular weight is 253 g/mol. The highest BCUT2D eigenvalue weighted by Gasteiger charge is 2.22. The van der Waals surface area contributed by atoms with Crippen LogP contribution >= 0.6 is 0 Å². The van der Waals surface area contributed by atoms with Gasteiger partial charge in [0.05, 0.1) is 6.54 Å². The molecular weight excluding hydrogens is 230 g/mol. The highest BCUT2D eigenvalue weighted by Crippen LogP contribution is 2.13. The molecule has 0 aromatic heterocycles. The van der Waals surface area contributed by atoms with Crippen LogP contribution in [0.2, 0.25) is 0 Å². The smallest absolute Gasteiger partial charge is 0.239 e. The third-order valence-corrected chi connectivity index (χ3v) is 3.83. The van der Waals surface area contributed by atoms with E-state index in [0.29, 0.717) is 12.3 Å². The van der Waals surface area contributed by atoms with Crippen molar-refractivity contribution < 1.29 is 9.59 Å². The Kier molecular flexibility index (Phi) is 4.58. The number of carbonyl (C=O) groups excluding carboxylic acids is 2. The summed E-state index contributed by atoms with van der Waals surface area (Å²) < 4.78 is 0. The molecule has 2 aliphatic rings. The van der Waals surface area contributed by atoms with E-state index < -0.39 is 0 Å². The lowest BCUT2D eigenvalue weighted by Gasteiger charge is -2.26. The van der Waals surface area contributed by atoms with E-state index in [1.165, 1.54) is 0 Å². The van der Waals surface area contributed by atoms with Gasteiger partial charge in [-0.25, -0.2) is 0 Å². The molecule has 1 atom stereocenters. The van der Waals surface area contributed by atoms with Crippen molar-refractivity contribution in [1.82, 2.24) is 15.1 Å². The number of amides is 2. The van der Waals surface area contributed by atoms with E-state index in [1.807, 2.05) is 0 Å². The topological polar surface area (TPSA) is 52.7 Å². The molecular formula is C13H23N3O2. The standard InChI is InChI=1S/C13H23N3O2/c1-15-7-5-11(9-15)8-14-12(17)10-16-6-3-2-4-13(16)18/h11H,2-10H2,1H3,(H,14,17). The van der Waals surface area contributed by atoms with Gasteiger partial charge in [0.25, 0.3) is 0 Å². The van der Waals surface area contributed by atoms with Gasteiger partial charge in [0, 0.05) is 26.1 Å². The van der Waals surface area contributed by atoms with Crippen LogP contribution in [-0.4, -0.2) is 61.4 Å². The van der Waals surface area contributed by atoms with E-state index in [4.69, 9.17) is 0 Å². The molecule has 5 heteroatoms. The molecule has 2 fully saturated rings. The van der Waals surface area contributed by atoms with Crippen LogP contribution in [0, 0.1) is 5.92 Å². The molecule has 102 valence electrons. The Morgan fingerprint density at radius 1 is 1.39 bits per heavy atom. The van der Waals surface area contributed by atoms with E-state index in [-0.39, 0.29) is 18.4 Å². The molecule has 2 amide bonds. The number of hydrogen-bond donors (Lipinski definition) is 1. The van der Waals surface area contributed by atoms with Gasteiger partial charge in [-0.3, -0.25) is 9.59 Å². The second-order valence-corrected chi connectivity index (χ2v) is 5.49. The summed E-state index contributed by atoms with van der Waals surface area (Å²) in [5.41, 5.74) is 0. The van der Waals surface area contributed by atoms with Gasteiger partial charge in [-0.2, -0.15) is 0 Å². The minimum absolute atomic E-state index is 0.0141. The summed E-state index contributed by atoms with van der Waals surface area (Å²) >= 11 is 0. The fraction of sp³-hybridized carbons (Fsp3) is 0.846. The largest absolute Gasteiger partial charge is 0.354 e. The summed E-state index contributed by atoms with van der Waals surface area (Å²) in [6, 6.07) is 0. The molecule has 0 bridgehead atoms. The number of nitrogens with one attached hydrogen (secondary N) is 1. The number of rotatable bonds is 4. The second kappa shape index (κ2) is 6.18. The first-order valence-corrected chi connectivity index (χ1v) is 6.88. The molecule has 2 heterocycles. The first-order valence-electron chi connectivity index (χ1n) is 6.88. The van der Waals surface area contributed by atoms with Crippen LogP contribution in [0.3, 0.4) is 0 Å². The van der Waals surface area contributed by atoms with Crippen molar-refractivity contribution in [1.29, 1.82) is 0 Å². The molecule has 1 unspecified atom stereocenters. The van der Waals surface area contributed by atoms with Crippen molar-refractivity contribution in [2.45, 2.75) is 25.7 Å². The van der Waals surface area contributed by atoms with E-state index in [2.05, 4.69) is 17.3 Å². The van der Waals surface area contributed by atoms with Gasteiger partial charge >= 0.3 is 0 Å². The average Bonchev–Trinajstić information content (AvgIpc) is 2.76. The molecule has 2 rings (SSSR count). The van der Waals surface area contributed by atoms with Crippen LogP contribution < -0.4 is 5.32 Å². The Hall–Kier alpha value is -1.10. The highest BCUT2D eigenvalue weighted by atomic mass is 16.2. The van der Waals surface area contributed by atoms with E-state index >= 15 is 0 Å². The molecule has 18 heavy (non-hydrogen) atoms. The molecule has 2 aliphatic heterocycles. The first kappa shape index (κ1) is 13.3. The number of carbonyl (C=O) groups is 2. The van der Waals surface area contributed by atoms with Crippen molar-refractivity contribution in [2.24, 2.45) is 5.92 Å². The molecule has 0 aromatic carbocycles. The van der Waals surface area contributed by atoms with Gasteiger partial charge < -0.3 is 15.1 Å². The van der Waals surface area contributed by atoms with Crippen molar-refractivity contribution in [3.63, 3.8) is 0 Å². The Morgan fingerprint density at radius 3 is 2.89 bits per heavy atom.